The molecule has 1 aromatic rings. The number of ether oxygens (including phenoxy) is 12. The summed E-state index contributed by atoms with van der Waals surface area (Å²) in [7, 11) is 3.04. The molecule has 0 aromatic carbocycles. The summed E-state index contributed by atoms with van der Waals surface area (Å²) in [4.78, 5) is 43.7. The average Bonchev–Trinajstić information content (AvgIpc) is 3.21. The van der Waals surface area contributed by atoms with E-state index in [0.29, 0.717) is 145 Å². The van der Waals surface area contributed by atoms with Gasteiger partial charge < -0.3 is 84.3 Å². The Labute approximate surface area is 334 Å². The molecule has 7 N–H and O–H groups in total. The normalized spacial score (nSPS) is 11.2. The maximum Gasteiger partial charge on any atom is 0.273 e. The minimum Gasteiger partial charge on any atom is -0.382 e. The second-order valence-corrected chi connectivity index (χ2v) is 11.4. The first-order valence-corrected chi connectivity index (χ1v) is 18.9. The summed E-state index contributed by atoms with van der Waals surface area (Å²) < 4.78 is 64.7. The number of nitrogens with two attached hydrogens (primary N) is 2. The van der Waals surface area contributed by atoms with Gasteiger partial charge in [-0.3, -0.25) is 14.4 Å². The number of rotatable bonds is 41. The minimum absolute atomic E-state index is 0.108. The van der Waals surface area contributed by atoms with Gasteiger partial charge in [0.05, 0.1) is 152 Å². The molecule has 22 heteroatoms. The van der Waals surface area contributed by atoms with E-state index in [0.717, 1.165) is 0 Å². The summed E-state index contributed by atoms with van der Waals surface area (Å²) in [5, 5.41) is 7.57. The molecule has 0 aliphatic heterocycles. The van der Waals surface area contributed by atoms with Gasteiger partial charge >= 0.3 is 0 Å². The summed E-state index contributed by atoms with van der Waals surface area (Å²) in [6.07, 6.45) is 0.142. The first-order valence-electron chi connectivity index (χ1n) is 18.9. The van der Waals surface area contributed by atoms with Crippen LogP contribution >= 0.6 is 0 Å². The van der Waals surface area contributed by atoms with Crippen molar-refractivity contribution in [2.45, 2.75) is 6.42 Å². The third kappa shape index (κ3) is 30.4. The van der Waals surface area contributed by atoms with Crippen LogP contribution < -0.4 is 27.4 Å². The van der Waals surface area contributed by atoms with Crippen molar-refractivity contribution < 1.29 is 71.2 Å². The Bertz CT molecular complexity index is 1160. The zero-order chi connectivity index (χ0) is 41.4. The average molecular weight is 824 g/mol. The third-order valence-corrected chi connectivity index (χ3v) is 6.97. The second kappa shape index (κ2) is 38.1. The van der Waals surface area contributed by atoms with Crippen LogP contribution in [0.15, 0.2) is 0 Å². The molecule has 0 unspecified atom stereocenters. The van der Waals surface area contributed by atoms with Crippen LogP contribution in [0.2, 0.25) is 0 Å². The Kier molecular flexibility index (Phi) is 34.6. The van der Waals surface area contributed by atoms with Crippen molar-refractivity contribution in [3.63, 3.8) is 0 Å². The van der Waals surface area contributed by atoms with Crippen LogP contribution in [0.4, 0.5) is 11.6 Å². The van der Waals surface area contributed by atoms with Gasteiger partial charge in [0.15, 0.2) is 23.0 Å². The molecule has 0 radical (unpaired) electrons. The van der Waals surface area contributed by atoms with E-state index in [4.69, 9.17) is 68.3 Å². The molecule has 57 heavy (non-hydrogen) atoms. The highest BCUT2D eigenvalue weighted by molar-refractivity contribution is 6.00. The zero-order valence-corrected chi connectivity index (χ0v) is 33.6. The van der Waals surface area contributed by atoms with Crippen LogP contribution in [-0.2, 0) is 61.6 Å². The van der Waals surface area contributed by atoms with Gasteiger partial charge in [-0.25, -0.2) is 9.97 Å². The van der Waals surface area contributed by atoms with E-state index in [9.17, 15) is 14.4 Å². The highest BCUT2D eigenvalue weighted by Gasteiger charge is 2.19. The first-order chi connectivity index (χ1) is 27.9. The highest BCUT2D eigenvalue weighted by atomic mass is 16.6. The molecule has 0 atom stereocenters. The predicted molar refractivity (Wildman–Crippen MR) is 205 cm³/mol. The summed E-state index contributed by atoms with van der Waals surface area (Å²) in [5.74, 6) is -1.94. The number of nitrogens with zero attached hydrogens (tertiary/aromatic N) is 2. The standard InChI is InChI=1S/C35H65N7O15/c1-38-34(44)30-32(36)42-31(33(37)41-30)35(45)40-5-4-39-29(43)3-6-47-9-10-49-13-14-51-17-18-53-21-22-55-25-26-57-28-27-56-24-23-54-20-19-52-16-15-50-12-11-48-8-7-46-2/h3-28H2,1-2H3,(H2,36,42)(H2,37,41)(H,38,44)(H,39,43)(H,40,45). The Balaban J connectivity index is 1.75. The van der Waals surface area contributed by atoms with E-state index in [2.05, 4.69) is 25.9 Å². The molecule has 0 aliphatic rings. The van der Waals surface area contributed by atoms with E-state index < -0.39 is 11.8 Å². The van der Waals surface area contributed by atoms with Crippen molar-refractivity contribution in [3.8, 4) is 0 Å². The molecule has 0 fully saturated rings. The molecule has 3 amide bonds. The van der Waals surface area contributed by atoms with Crippen LogP contribution in [0.5, 0.6) is 0 Å². The van der Waals surface area contributed by atoms with Crippen LogP contribution in [0.3, 0.4) is 0 Å². The summed E-state index contributed by atoms with van der Waals surface area (Å²) >= 11 is 0. The maximum atomic E-state index is 12.3. The molecular formula is C35H65N7O15. The molecule has 0 spiro atoms. The lowest BCUT2D eigenvalue weighted by molar-refractivity contribution is -0.122. The molecule has 0 bridgehead atoms. The van der Waals surface area contributed by atoms with E-state index in [1.807, 2.05) is 0 Å². The fourth-order valence-corrected chi connectivity index (χ4v) is 4.07. The largest absolute Gasteiger partial charge is 0.382 e. The van der Waals surface area contributed by atoms with Crippen LogP contribution in [-0.4, -0.2) is 207 Å². The van der Waals surface area contributed by atoms with Gasteiger partial charge in [0.25, 0.3) is 11.8 Å². The van der Waals surface area contributed by atoms with Gasteiger partial charge in [-0.15, -0.1) is 0 Å². The van der Waals surface area contributed by atoms with E-state index in [-0.39, 0.29) is 55.0 Å². The fourth-order valence-electron chi connectivity index (χ4n) is 4.07. The lowest BCUT2D eigenvalue weighted by Gasteiger charge is -2.10. The van der Waals surface area contributed by atoms with Gasteiger partial charge in [-0.1, -0.05) is 0 Å². The van der Waals surface area contributed by atoms with Gasteiger partial charge in [-0.2, -0.15) is 0 Å². The Morgan fingerprint density at radius 1 is 0.439 bits per heavy atom. The maximum absolute atomic E-state index is 12.3. The number of hydrogen-bond acceptors (Lipinski definition) is 19. The number of nitrogens with one attached hydrogen (secondary N) is 3. The molecule has 1 heterocycles. The number of carbonyl (C=O) groups excluding carboxylic acids is 3. The molecule has 22 nitrogen and oxygen atoms in total. The third-order valence-electron chi connectivity index (χ3n) is 6.97. The molecule has 0 saturated heterocycles. The second-order valence-electron chi connectivity index (χ2n) is 11.4. The van der Waals surface area contributed by atoms with Crippen molar-refractivity contribution in [1.82, 2.24) is 25.9 Å². The molecule has 1 aromatic heterocycles. The number of amides is 3. The first kappa shape index (κ1) is 51.6. The number of carbonyl (C=O) groups is 3. The van der Waals surface area contributed by atoms with Crippen molar-refractivity contribution in [3.05, 3.63) is 11.4 Å². The predicted octanol–water partition coefficient (Wildman–Crippen LogP) is -1.93. The Hall–Kier alpha value is -3.39. The lowest BCUT2D eigenvalue weighted by Crippen LogP contribution is -2.36. The van der Waals surface area contributed by atoms with Crippen LogP contribution in [0.1, 0.15) is 27.4 Å². The monoisotopic (exact) mass is 823 g/mol. The van der Waals surface area contributed by atoms with Gasteiger partial charge in [0.2, 0.25) is 5.91 Å². The van der Waals surface area contributed by atoms with Gasteiger partial charge in [-0.05, 0) is 0 Å². The van der Waals surface area contributed by atoms with E-state index >= 15 is 0 Å². The van der Waals surface area contributed by atoms with E-state index in [1.165, 1.54) is 7.05 Å². The zero-order valence-electron chi connectivity index (χ0n) is 33.6. The molecule has 330 valence electrons. The quantitative estimate of drug-likeness (QED) is 0.0450. The number of anilines is 2. The SMILES string of the molecule is CNC(=O)c1nc(N)c(C(=O)NCCNC(=O)CCOCCOCCOCCOCCOCCOCCOCCOCCOCCOCCOCCOC)nc1N. The van der Waals surface area contributed by atoms with Crippen LogP contribution in [0.25, 0.3) is 0 Å². The van der Waals surface area contributed by atoms with Gasteiger partial charge in [0.1, 0.15) is 0 Å². The number of nitrogen functional groups attached to an aromatic ring is 2. The van der Waals surface area contributed by atoms with Crippen molar-refractivity contribution in [2.24, 2.45) is 0 Å². The number of aromatic nitrogens is 2. The summed E-state index contributed by atoms with van der Waals surface area (Å²) in [5.41, 5.74) is 11.0. The van der Waals surface area contributed by atoms with Gasteiger partial charge in [0, 0.05) is 33.7 Å². The fraction of sp³-hybridized carbons (Fsp3) is 0.800. The number of hydrogen-bond donors (Lipinski definition) is 5. The Morgan fingerprint density at radius 2 is 0.719 bits per heavy atom. The molecule has 0 aliphatic carbocycles. The van der Waals surface area contributed by atoms with Crippen molar-refractivity contribution >= 4 is 29.4 Å². The smallest absolute Gasteiger partial charge is 0.273 e. The van der Waals surface area contributed by atoms with Crippen molar-refractivity contribution in [2.75, 3.05) is 191 Å². The molecule has 1 rings (SSSR count). The summed E-state index contributed by atoms with van der Waals surface area (Å²) in [6, 6.07) is 0. The highest BCUT2D eigenvalue weighted by Crippen LogP contribution is 2.12. The topological polar surface area (TPSA) is 276 Å². The number of methoxy groups -OCH3 is 1. The molecular weight excluding hydrogens is 758 g/mol. The van der Waals surface area contributed by atoms with E-state index in [1.54, 1.807) is 7.11 Å². The minimum atomic E-state index is -0.641. The van der Waals surface area contributed by atoms with Crippen molar-refractivity contribution in [1.29, 1.82) is 0 Å². The Morgan fingerprint density at radius 3 is 1.04 bits per heavy atom. The van der Waals surface area contributed by atoms with Crippen LogP contribution in [0, 0.1) is 0 Å². The lowest BCUT2D eigenvalue weighted by atomic mass is 10.3. The summed E-state index contributed by atoms with van der Waals surface area (Å²) in [6.45, 7) is 10.9. The molecule has 0 saturated carbocycles.